The molecule has 0 aliphatic carbocycles. The van der Waals surface area contributed by atoms with Gasteiger partial charge in [0.25, 0.3) is 6.01 Å². The van der Waals surface area contributed by atoms with Gasteiger partial charge in [-0.15, -0.1) is 0 Å². The molecule has 3 aromatic carbocycles. The van der Waals surface area contributed by atoms with Gasteiger partial charge in [0, 0.05) is 13.1 Å². The van der Waals surface area contributed by atoms with Crippen molar-refractivity contribution in [2.24, 2.45) is 0 Å². The minimum absolute atomic E-state index is 0.243. The van der Waals surface area contributed by atoms with Crippen LogP contribution in [0.25, 0.3) is 11.1 Å². The van der Waals surface area contributed by atoms with Crippen LogP contribution in [0.5, 0.6) is 17.2 Å². The molecule has 0 fully saturated rings. The molecule has 0 saturated heterocycles. The SMILES string of the molecule is COc1ccc(OCCCN(Cc2cccc(O)c2)c2nc3ccccc3o2)cc1. The molecule has 0 aliphatic heterocycles. The van der Waals surface area contributed by atoms with Gasteiger partial charge in [-0.3, -0.25) is 0 Å². The van der Waals surface area contributed by atoms with Gasteiger partial charge in [-0.05, 0) is 60.5 Å². The van der Waals surface area contributed by atoms with Crippen LogP contribution in [0.1, 0.15) is 12.0 Å². The third-order valence-electron chi connectivity index (χ3n) is 4.74. The van der Waals surface area contributed by atoms with Crippen LogP contribution in [0.3, 0.4) is 0 Å². The molecular weight excluding hydrogens is 380 g/mol. The van der Waals surface area contributed by atoms with E-state index in [9.17, 15) is 5.11 Å². The summed E-state index contributed by atoms with van der Waals surface area (Å²) in [5, 5.41) is 9.80. The average molecular weight is 404 g/mol. The topological polar surface area (TPSA) is 68.0 Å². The number of hydrogen-bond acceptors (Lipinski definition) is 6. The number of ether oxygens (including phenoxy) is 2. The van der Waals surface area contributed by atoms with E-state index in [1.165, 1.54) is 0 Å². The summed E-state index contributed by atoms with van der Waals surface area (Å²) in [6.45, 7) is 1.82. The van der Waals surface area contributed by atoms with E-state index < -0.39 is 0 Å². The van der Waals surface area contributed by atoms with Gasteiger partial charge >= 0.3 is 0 Å². The summed E-state index contributed by atoms with van der Waals surface area (Å²) in [6.07, 6.45) is 0.781. The molecule has 0 aliphatic rings. The lowest BCUT2D eigenvalue weighted by Gasteiger charge is -2.21. The smallest absolute Gasteiger partial charge is 0.298 e. The van der Waals surface area contributed by atoms with Gasteiger partial charge in [-0.2, -0.15) is 4.98 Å². The number of fused-ring (bicyclic) bond motifs is 1. The zero-order valence-electron chi connectivity index (χ0n) is 16.8. The molecule has 1 heterocycles. The van der Waals surface area contributed by atoms with Crippen LogP contribution >= 0.6 is 0 Å². The molecular formula is C24H24N2O4. The zero-order chi connectivity index (χ0) is 20.8. The van der Waals surface area contributed by atoms with E-state index in [0.29, 0.717) is 25.7 Å². The maximum Gasteiger partial charge on any atom is 0.298 e. The monoisotopic (exact) mass is 404 g/mol. The third-order valence-corrected chi connectivity index (χ3v) is 4.74. The molecule has 0 atom stereocenters. The highest BCUT2D eigenvalue weighted by Gasteiger charge is 2.15. The van der Waals surface area contributed by atoms with E-state index in [2.05, 4.69) is 9.88 Å². The Kier molecular flexibility index (Phi) is 6.03. The largest absolute Gasteiger partial charge is 0.508 e. The molecule has 30 heavy (non-hydrogen) atoms. The molecule has 0 spiro atoms. The van der Waals surface area contributed by atoms with E-state index in [1.54, 1.807) is 19.2 Å². The van der Waals surface area contributed by atoms with E-state index in [-0.39, 0.29) is 5.75 Å². The minimum Gasteiger partial charge on any atom is -0.508 e. The summed E-state index contributed by atoms with van der Waals surface area (Å²) in [5.41, 5.74) is 2.55. The predicted molar refractivity (Wildman–Crippen MR) is 116 cm³/mol. The molecule has 4 rings (SSSR count). The number of methoxy groups -OCH3 is 1. The first-order chi connectivity index (χ1) is 14.7. The number of nitrogens with zero attached hydrogens (tertiary/aromatic N) is 2. The van der Waals surface area contributed by atoms with Crippen molar-refractivity contribution in [3.05, 3.63) is 78.4 Å². The Labute approximate surface area is 175 Å². The lowest BCUT2D eigenvalue weighted by molar-refractivity contribution is 0.309. The average Bonchev–Trinajstić information content (AvgIpc) is 3.20. The van der Waals surface area contributed by atoms with Crippen LogP contribution in [0.2, 0.25) is 0 Å². The van der Waals surface area contributed by atoms with Crippen LogP contribution in [0.15, 0.2) is 77.2 Å². The Morgan fingerprint density at radius 3 is 2.53 bits per heavy atom. The molecule has 0 amide bonds. The Morgan fingerprint density at radius 1 is 0.967 bits per heavy atom. The van der Waals surface area contributed by atoms with Gasteiger partial charge in [0.05, 0.1) is 13.7 Å². The van der Waals surface area contributed by atoms with Crippen molar-refractivity contribution in [3.8, 4) is 17.2 Å². The summed E-state index contributed by atoms with van der Waals surface area (Å²) in [7, 11) is 1.64. The van der Waals surface area contributed by atoms with Crippen molar-refractivity contribution >= 4 is 17.1 Å². The van der Waals surface area contributed by atoms with Gasteiger partial charge in [0.15, 0.2) is 5.58 Å². The number of aromatic nitrogens is 1. The Balaban J connectivity index is 1.44. The van der Waals surface area contributed by atoms with Gasteiger partial charge in [0.2, 0.25) is 0 Å². The molecule has 0 radical (unpaired) electrons. The number of anilines is 1. The Hall–Kier alpha value is -3.67. The number of para-hydroxylation sites is 2. The highest BCUT2D eigenvalue weighted by molar-refractivity contribution is 5.74. The predicted octanol–water partition coefficient (Wildman–Crippen LogP) is 5.02. The van der Waals surface area contributed by atoms with Crippen molar-refractivity contribution in [2.75, 3.05) is 25.2 Å². The van der Waals surface area contributed by atoms with Gasteiger partial charge in [-0.1, -0.05) is 24.3 Å². The summed E-state index contributed by atoms with van der Waals surface area (Å²) in [5.74, 6) is 1.85. The number of rotatable bonds is 9. The number of benzene rings is 3. The first-order valence-electron chi connectivity index (χ1n) is 9.86. The summed E-state index contributed by atoms with van der Waals surface area (Å²) >= 11 is 0. The van der Waals surface area contributed by atoms with Gasteiger partial charge in [0.1, 0.15) is 22.8 Å². The van der Waals surface area contributed by atoms with Crippen LogP contribution in [0.4, 0.5) is 6.01 Å². The maximum absolute atomic E-state index is 9.80. The first-order valence-corrected chi connectivity index (χ1v) is 9.86. The first kappa shape index (κ1) is 19.6. The van der Waals surface area contributed by atoms with Crippen LogP contribution in [0, 0.1) is 0 Å². The second kappa shape index (κ2) is 9.22. The molecule has 0 unspecified atom stereocenters. The number of phenols is 1. The van der Waals surface area contributed by atoms with Crippen LogP contribution < -0.4 is 14.4 Å². The fourth-order valence-corrected chi connectivity index (χ4v) is 3.23. The molecule has 0 saturated carbocycles. The quantitative estimate of drug-likeness (QED) is 0.395. The summed E-state index contributed by atoms with van der Waals surface area (Å²) in [6, 6.07) is 23.0. The Bertz CT molecular complexity index is 1060. The lowest BCUT2D eigenvalue weighted by Crippen LogP contribution is -2.25. The number of phenolic OH excluding ortho intramolecular Hbond substituents is 1. The third kappa shape index (κ3) is 4.84. The second-order valence-electron chi connectivity index (χ2n) is 6.93. The highest BCUT2D eigenvalue weighted by atomic mass is 16.5. The number of aromatic hydroxyl groups is 1. The zero-order valence-corrected chi connectivity index (χ0v) is 16.8. The van der Waals surface area contributed by atoms with Crippen molar-refractivity contribution in [3.63, 3.8) is 0 Å². The van der Waals surface area contributed by atoms with Crippen molar-refractivity contribution in [1.82, 2.24) is 4.98 Å². The molecule has 6 heteroatoms. The van der Waals surface area contributed by atoms with E-state index >= 15 is 0 Å². The normalized spacial score (nSPS) is 10.8. The van der Waals surface area contributed by atoms with Gasteiger partial charge < -0.3 is 23.9 Å². The molecule has 1 N–H and O–H groups in total. The van der Waals surface area contributed by atoms with E-state index in [1.807, 2.05) is 60.7 Å². The fourth-order valence-electron chi connectivity index (χ4n) is 3.23. The van der Waals surface area contributed by atoms with Crippen LogP contribution in [-0.2, 0) is 6.54 Å². The summed E-state index contributed by atoms with van der Waals surface area (Å²) in [4.78, 5) is 6.69. The molecule has 154 valence electrons. The molecule has 1 aromatic heterocycles. The maximum atomic E-state index is 9.80. The number of oxazole rings is 1. The van der Waals surface area contributed by atoms with Crippen molar-refractivity contribution in [2.45, 2.75) is 13.0 Å². The fraction of sp³-hybridized carbons (Fsp3) is 0.208. The number of hydrogen-bond donors (Lipinski definition) is 1. The van der Waals surface area contributed by atoms with Crippen molar-refractivity contribution < 1.29 is 19.0 Å². The van der Waals surface area contributed by atoms with Crippen molar-refractivity contribution in [1.29, 1.82) is 0 Å². The Morgan fingerprint density at radius 2 is 1.77 bits per heavy atom. The minimum atomic E-state index is 0.243. The molecule has 4 aromatic rings. The van der Waals surface area contributed by atoms with E-state index in [0.717, 1.165) is 34.6 Å². The molecule has 6 nitrogen and oxygen atoms in total. The standard InChI is InChI=1S/C24H24N2O4/c1-28-20-10-12-21(13-11-20)29-15-5-14-26(17-18-6-4-7-19(27)16-18)24-25-22-8-2-3-9-23(22)30-24/h2-4,6-13,16,27H,5,14-15,17H2,1H3. The lowest BCUT2D eigenvalue weighted by atomic mass is 10.2. The van der Waals surface area contributed by atoms with Crippen LogP contribution in [-0.4, -0.2) is 30.4 Å². The highest BCUT2D eigenvalue weighted by Crippen LogP contribution is 2.24. The van der Waals surface area contributed by atoms with Gasteiger partial charge in [-0.25, -0.2) is 0 Å². The summed E-state index contributed by atoms with van der Waals surface area (Å²) < 4.78 is 17.0. The van der Waals surface area contributed by atoms with E-state index in [4.69, 9.17) is 13.9 Å². The molecule has 0 bridgehead atoms. The second-order valence-corrected chi connectivity index (χ2v) is 6.93.